The molecule has 3 rings (SSSR count). The van der Waals surface area contributed by atoms with Crippen molar-refractivity contribution in [3.63, 3.8) is 0 Å². The van der Waals surface area contributed by atoms with Crippen LogP contribution >= 0.6 is 0 Å². The second-order valence-electron chi connectivity index (χ2n) is 10.4. The van der Waals surface area contributed by atoms with E-state index < -0.39 is 20.4 Å². The molecule has 1 heterocycles. The SMILES string of the molecule is COc1ccccc1-c1nccc(COc2ccc(CO[Si](C)(C)C(C)(C)C)cc2CC(O)C(=O)O)n1. The van der Waals surface area contributed by atoms with Gasteiger partial charge in [0.15, 0.2) is 20.2 Å². The Hall–Kier alpha value is -3.27. The monoisotopic (exact) mass is 524 g/mol. The third kappa shape index (κ3) is 7.38. The Balaban J connectivity index is 1.81. The summed E-state index contributed by atoms with van der Waals surface area (Å²) in [6.45, 7) is 11.4. The summed E-state index contributed by atoms with van der Waals surface area (Å²) in [4.78, 5) is 20.3. The van der Waals surface area contributed by atoms with Crippen molar-refractivity contribution in [2.24, 2.45) is 0 Å². The summed E-state index contributed by atoms with van der Waals surface area (Å²) in [6, 6.07) is 14.8. The highest BCUT2D eigenvalue weighted by atomic mass is 28.4. The largest absolute Gasteiger partial charge is 0.496 e. The number of aliphatic carboxylic acids is 1. The van der Waals surface area contributed by atoms with Gasteiger partial charge < -0.3 is 24.1 Å². The number of methoxy groups -OCH3 is 1. The molecule has 0 aliphatic carbocycles. The molecule has 0 amide bonds. The van der Waals surface area contributed by atoms with Crippen molar-refractivity contribution < 1.29 is 28.9 Å². The Labute approximate surface area is 219 Å². The first-order valence-electron chi connectivity index (χ1n) is 12.2. The number of aromatic nitrogens is 2. The topological polar surface area (TPSA) is 111 Å². The number of hydrogen-bond acceptors (Lipinski definition) is 7. The van der Waals surface area contributed by atoms with Gasteiger partial charge in [0.1, 0.15) is 18.1 Å². The lowest BCUT2D eigenvalue weighted by molar-refractivity contribution is -0.146. The number of carboxylic acids is 1. The van der Waals surface area contributed by atoms with Gasteiger partial charge in [0.2, 0.25) is 0 Å². The second kappa shape index (κ2) is 11.8. The number of para-hydroxylation sites is 1. The van der Waals surface area contributed by atoms with Crippen LogP contribution in [-0.4, -0.2) is 47.7 Å². The number of benzene rings is 2. The maximum Gasteiger partial charge on any atom is 0.332 e. The normalized spacial score (nSPS) is 12.7. The van der Waals surface area contributed by atoms with E-state index in [9.17, 15) is 15.0 Å². The molecule has 2 N–H and O–H groups in total. The number of carboxylic acid groups (broad SMARTS) is 1. The Morgan fingerprint density at radius 3 is 2.46 bits per heavy atom. The predicted molar refractivity (Wildman–Crippen MR) is 144 cm³/mol. The van der Waals surface area contributed by atoms with Crippen LogP contribution in [0.1, 0.15) is 37.6 Å². The first-order valence-corrected chi connectivity index (χ1v) is 15.1. The standard InChI is InChI=1S/C28H36N2O6Si/c1-28(2,3)37(5,6)36-17-19-11-12-24(20(15-19)16-23(31)27(32)33)35-18-21-13-14-29-26(30-21)22-9-7-8-10-25(22)34-4/h7-15,23,31H,16-18H2,1-6H3,(H,32,33). The summed E-state index contributed by atoms with van der Waals surface area (Å²) < 4.78 is 17.8. The molecule has 8 nitrogen and oxygen atoms in total. The van der Waals surface area contributed by atoms with Gasteiger partial charge in [-0.15, -0.1) is 0 Å². The number of hydrogen-bond donors (Lipinski definition) is 2. The van der Waals surface area contributed by atoms with Gasteiger partial charge in [-0.25, -0.2) is 14.8 Å². The van der Waals surface area contributed by atoms with Crippen LogP contribution < -0.4 is 9.47 Å². The molecule has 0 saturated heterocycles. The van der Waals surface area contributed by atoms with Gasteiger partial charge in [-0.1, -0.05) is 39.0 Å². The Kier molecular flexibility index (Phi) is 9.06. The molecule has 0 saturated carbocycles. The van der Waals surface area contributed by atoms with Gasteiger partial charge >= 0.3 is 5.97 Å². The molecule has 0 fully saturated rings. The zero-order valence-corrected chi connectivity index (χ0v) is 23.3. The van der Waals surface area contributed by atoms with Crippen molar-refractivity contribution in [3.05, 3.63) is 71.5 Å². The fraction of sp³-hybridized carbons (Fsp3) is 0.393. The van der Waals surface area contributed by atoms with Gasteiger partial charge in [-0.3, -0.25) is 0 Å². The summed E-state index contributed by atoms with van der Waals surface area (Å²) in [7, 11) is -0.369. The van der Waals surface area contributed by atoms with E-state index in [1.165, 1.54) is 0 Å². The highest BCUT2D eigenvalue weighted by Gasteiger charge is 2.37. The van der Waals surface area contributed by atoms with Crippen LogP contribution in [0.25, 0.3) is 11.4 Å². The number of rotatable bonds is 11. The van der Waals surface area contributed by atoms with Crippen LogP contribution in [-0.2, 0) is 28.9 Å². The number of ether oxygens (including phenoxy) is 2. The molecular formula is C28H36N2O6Si. The maximum atomic E-state index is 11.3. The maximum absolute atomic E-state index is 11.3. The zero-order valence-electron chi connectivity index (χ0n) is 22.3. The van der Waals surface area contributed by atoms with E-state index in [-0.39, 0.29) is 18.1 Å². The molecular weight excluding hydrogens is 488 g/mol. The van der Waals surface area contributed by atoms with E-state index in [4.69, 9.17) is 13.9 Å². The summed E-state index contributed by atoms with van der Waals surface area (Å²) >= 11 is 0. The first-order chi connectivity index (χ1) is 17.4. The van der Waals surface area contributed by atoms with Crippen molar-refractivity contribution in [2.45, 2.75) is 64.6 Å². The molecule has 0 spiro atoms. The van der Waals surface area contributed by atoms with E-state index in [1.807, 2.05) is 36.4 Å². The Morgan fingerprint density at radius 2 is 1.78 bits per heavy atom. The third-order valence-electron chi connectivity index (χ3n) is 6.67. The lowest BCUT2D eigenvalue weighted by Gasteiger charge is -2.36. The minimum Gasteiger partial charge on any atom is -0.496 e. The van der Waals surface area contributed by atoms with E-state index >= 15 is 0 Å². The van der Waals surface area contributed by atoms with Crippen molar-refractivity contribution in [2.75, 3.05) is 7.11 Å². The zero-order chi connectivity index (χ0) is 27.2. The predicted octanol–water partition coefficient (Wildman–Crippen LogP) is 5.24. The van der Waals surface area contributed by atoms with E-state index in [1.54, 1.807) is 25.4 Å². The van der Waals surface area contributed by atoms with E-state index in [2.05, 4.69) is 43.8 Å². The van der Waals surface area contributed by atoms with Crippen molar-refractivity contribution in [3.8, 4) is 22.9 Å². The van der Waals surface area contributed by atoms with E-state index in [0.717, 1.165) is 11.1 Å². The highest BCUT2D eigenvalue weighted by molar-refractivity contribution is 6.74. The average molecular weight is 525 g/mol. The highest BCUT2D eigenvalue weighted by Crippen LogP contribution is 2.37. The fourth-order valence-corrected chi connectivity index (χ4v) is 4.35. The van der Waals surface area contributed by atoms with Gasteiger partial charge in [0.05, 0.1) is 25.0 Å². The molecule has 1 aromatic heterocycles. The molecule has 3 aromatic rings. The van der Waals surface area contributed by atoms with Crippen LogP contribution in [0.15, 0.2) is 54.7 Å². The van der Waals surface area contributed by atoms with Crippen LogP contribution in [0.4, 0.5) is 0 Å². The van der Waals surface area contributed by atoms with Crippen molar-refractivity contribution in [1.82, 2.24) is 9.97 Å². The number of nitrogens with zero attached hydrogens (tertiary/aromatic N) is 2. The molecule has 1 unspecified atom stereocenters. The number of aliphatic hydroxyl groups is 1. The first kappa shape index (κ1) is 28.3. The molecule has 9 heteroatoms. The smallest absolute Gasteiger partial charge is 0.332 e. The molecule has 0 bridgehead atoms. The molecule has 0 aliphatic rings. The second-order valence-corrected chi connectivity index (χ2v) is 15.2. The van der Waals surface area contributed by atoms with Gasteiger partial charge in [-0.05, 0) is 59.6 Å². The van der Waals surface area contributed by atoms with Crippen LogP contribution in [0, 0.1) is 0 Å². The van der Waals surface area contributed by atoms with Gasteiger partial charge in [-0.2, -0.15) is 0 Å². The quantitative estimate of drug-likeness (QED) is 0.328. The fourth-order valence-electron chi connectivity index (χ4n) is 3.39. The van der Waals surface area contributed by atoms with E-state index in [0.29, 0.717) is 35.2 Å². The lowest BCUT2D eigenvalue weighted by Crippen LogP contribution is -2.40. The third-order valence-corrected chi connectivity index (χ3v) is 11.1. The molecule has 2 aromatic carbocycles. The minimum atomic E-state index is -1.97. The molecule has 1 atom stereocenters. The Morgan fingerprint density at radius 1 is 1.05 bits per heavy atom. The number of aliphatic hydroxyl groups excluding tert-OH is 1. The molecule has 0 radical (unpaired) electrons. The molecule has 37 heavy (non-hydrogen) atoms. The minimum absolute atomic E-state index is 0.0680. The Bertz CT molecular complexity index is 1230. The summed E-state index contributed by atoms with van der Waals surface area (Å²) in [5, 5.41) is 19.4. The lowest BCUT2D eigenvalue weighted by atomic mass is 10.0. The van der Waals surface area contributed by atoms with Crippen LogP contribution in [0.5, 0.6) is 11.5 Å². The summed E-state index contributed by atoms with van der Waals surface area (Å²) in [5.41, 5.74) is 2.89. The van der Waals surface area contributed by atoms with Gasteiger partial charge in [0, 0.05) is 12.6 Å². The summed E-state index contributed by atoms with van der Waals surface area (Å²) in [6.07, 6.45) is 0.0220. The van der Waals surface area contributed by atoms with Gasteiger partial charge in [0.25, 0.3) is 0 Å². The molecule has 198 valence electrons. The number of carbonyl (C=O) groups is 1. The average Bonchev–Trinajstić information content (AvgIpc) is 2.86. The van der Waals surface area contributed by atoms with Crippen LogP contribution in [0.2, 0.25) is 18.1 Å². The van der Waals surface area contributed by atoms with Crippen LogP contribution in [0.3, 0.4) is 0 Å². The van der Waals surface area contributed by atoms with Crippen molar-refractivity contribution in [1.29, 1.82) is 0 Å². The summed E-state index contributed by atoms with van der Waals surface area (Å²) in [5.74, 6) is 0.374. The molecule has 0 aliphatic heterocycles. The van der Waals surface area contributed by atoms with Crippen molar-refractivity contribution >= 4 is 14.3 Å².